The van der Waals surface area contributed by atoms with E-state index in [9.17, 15) is 0 Å². The smallest absolute Gasteiger partial charge is 0.0702 e. The van der Waals surface area contributed by atoms with Gasteiger partial charge in [-0.3, -0.25) is 9.88 Å². The van der Waals surface area contributed by atoms with E-state index in [2.05, 4.69) is 55.0 Å². The Morgan fingerprint density at radius 1 is 1.25 bits per heavy atom. The fourth-order valence-corrected chi connectivity index (χ4v) is 2.49. The van der Waals surface area contributed by atoms with Crippen LogP contribution in [0.2, 0.25) is 0 Å². The van der Waals surface area contributed by atoms with E-state index in [1.54, 1.807) is 0 Å². The second kappa shape index (κ2) is 6.82. The molecule has 0 spiro atoms. The third kappa shape index (κ3) is 3.56. The van der Waals surface area contributed by atoms with E-state index >= 15 is 0 Å². The molecule has 0 saturated carbocycles. The van der Waals surface area contributed by atoms with Crippen LogP contribution in [0.25, 0.3) is 10.9 Å². The largest absolute Gasteiger partial charge is 0.329 e. The zero-order valence-corrected chi connectivity index (χ0v) is 12.7. The van der Waals surface area contributed by atoms with E-state index in [0.717, 1.165) is 18.0 Å². The van der Waals surface area contributed by atoms with Crippen LogP contribution in [-0.2, 0) is 0 Å². The Morgan fingerprint density at radius 3 is 2.75 bits per heavy atom. The maximum absolute atomic E-state index is 6.00. The van der Waals surface area contributed by atoms with Gasteiger partial charge in [-0.15, -0.1) is 0 Å². The summed E-state index contributed by atoms with van der Waals surface area (Å²) in [7, 11) is 2.16. The molecule has 20 heavy (non-hydrogen) atoms. The van der Waals surface area contributed by atoms with E-state index in [1.807, 2.05) is 12.3 Å². The second-order valence-electron chi connectivity index (χ2n) is 5.87. The van der Waals surface area contributed by atoms with Gasteiger partial charge >= 0.3 is 0 Å². The molecule has 2 rings (SSSR count). The molecule has 0 amide bonds. The molecule has 1 aromatic heterocycles. The van der Waals surface area contributed by atoms with Crippen molar-refractivity contribution >= 4 is 10.9 Å². The van der Waals surface area contributed by atoms with Gasteiger partial charge in [0.25, 0.3) is 0 Å². The fourth-order valence-electron chi connectivity index (χ4n) is 2.49. The van der Waals surface area contributed by atoms with Crippen LogP contribution in [0, 0.1) is 5.92 Å². The second-order valence-corrected chi connectivity index (χ2v) is 5.87. The number of hydrogen-bond acceptors (Lipinski definition) is 3. The Kier molecular flexibility index (Phi) is 5.10. The molecule has 0 aliphatic rings. The van der Waals surface area contributed by atoms with Crippen LogP contribution >= 0.6 is 0 Å². The van der Waals surface area contributed by atoms with Gasteiger partial charge in [-0.05, 0) is 49.7 Å². The molecule has 3 nitrogen and oxygen atoms in total. The molecule has 1 atom stereocenters. The Morgan fingerprint density at radius 2 is 2.05 bits per heavy atom. The van der Waals surface area contributed by atoms with E-state index < -0.39 is 0 Å². The summed E-state index contributed by atoms with van der Waals surface area (Å²) in [4.78, 5) is 6.73. The molecular weight excluding hydrogens is 246 g/mol. The van der Waals surface area contributed by atoms with Crippen LogP contribution < -0.4 is 5.73 Å². The van der Waals surface area contributed by atoms with Crippen LogP contribution in [0.4, 0.5) is 0 Å². The standard InChI is InChI=1S/C17H25N3/c1-13(2)8-10-20(3)17(12-18)15-6-7-16-14(11-15)5-4-9-19-16/h4-7,9,11,13,17H,8,10,12,18H2,1-3H3. The topological polar surface area (TPSA) is 42.1 Å². The summed E-state index contributed by atoms with van der Waals surface area (Å²) in [6.07, 6.45) is 3.03. The molecule has 2 aromatic rings. The van der Waals surface area contributed by atoms with Gasteiger partial charge in [-0.1, -0.05) is 26.0 Å². The van der Waals surface area contributed by atoms with Crippen LogP contribution in [0.15, 0.2) is 36.5 Å². The number of pyridine rings is 1. The Bertz CT molecular complexity index is 551. The van der Waals surface area contributed by atoms with Crippen molar-refractivity contribution in [3.63, 3.8) is 0 Å². The number of aromatic nitrogens is 1. The van der Waals surface area contributed by atoms with Crippen molar-refractivity contribution in [1.29, 1.82) is 0 Å². The number of nitrogens with two attached hydrogens (primary N) is 1. The van der Waals surface area contributed by atoms with Crippen molar-refractivity contribution in [2.75, 3.05) is 20.1 Å². The fraction of sp³-hybridized carbons (Fsp3) is 0.471. The molecule has 0 aliphatic carbocycles. The Balaban J connectivity index is 2.20. The average Bonchev–Trinajstić information content (AvgIpc) is 2.45. The summed E-state index contributed by atoms with van der Waals surface area (Å²) in [5.74, 6) is 0.719. The van der Waals surface area contributed by atoms with Gasteiger partial charge in [0, 0.05) is 24.2 Å². The lowest BCUT2D eigenvalue weighted by molar-refractivity contribution is 0.236. The van der Waals surface area contributed by atoms with Gasteiger partial charge < -0.3 is 5.73 Å². The lowest BCUT2D eigenvalue weighted by Gasteiger charge is -2.28. The minimum atomic E-state index is 0.276. The Labute approximate surface area is 121 Å². The number of fused-ring (bicyclic) bond motifs is 1. The maximum Gasteiger partial charge on any atom is 0.0702 e. The van der Waals surface area contributed by atoms with E-state index in [-0.39, 0.29) is 6.04 Å². The molecular formula is C17H25N3. The molecule has 1 heterocycles. The van der Waals surface area contributed by atoms with Gasteiger partial charge in [-0.25, -0.2) is 0 Å². The van der Waals surface area contributed by atoms with Gasteiger partial charge in [-0.2, -0.15) is 0 Å². The summed E-state index contributed by atoms with van der Waals surface area (Å²) in [5.41, 5.74) is 8.31. The molecule has 1 aromatic carbocycles. The number of nitrogens with zero attached hydrogens (tertiary/aromatic N) is 2. The van der Waals surface area contributed by atoms with E-state index in [0.29, 0.717) is 6.54 Å². The minimum Gasteiger partial charge on any atom is -0.329 e. The normalized spacial score (nSPS) is 13.3. The van der Waals surface area contributed by atoms with E-state index in [4.69, 9.17) is 5.73 Å². The highest BCUT2D eigenvalue weighted by Gasteiger charge is 2.15. The SMILES string of the molecule is CC(C)CCN(C)C(CN)c1ccc2ncccc2c1. The summed E-state index contributed by atoms with van der Waals surface area (Å²) in [5, 5.41) is 1.18. The van der Waals surface area contributed by atoms with Gasteiger partial charge in [0.05, 0.1) is 5.52 Å². The van der Waals surface area contributed by atoms with Crippen molar-refractivity contribution in [2.45, 2.75) is 26.3 Å². The Hall–Kier alpha value is -1.45. The zero-order valence-electron chi connectivity index (χ0n) is 12.7. The predicted molar refractivity (Wildman–Crippen MR) is 85.6 cm³/mol. The summed E-state index contributed by atoms with van der Waals surface area (Å²) < 4.78 is 0. The first kappa shape index (κ1) is 14.9. The number of hydrogen-bond donors (Lipinski definition) is 1. The summed E-state index contributed by atoms with van der Waals surface area (Å²) in [6, 6.07) is 10.8. The minimum absolute atomic E-state index is 0.276. The molecule has 0 aliphatic heterocycles. The molecule has 0 bridgehead atoms. The molecule has 0 saturated heterocycles. The molecule has 2 N–H and O–H groups in total. The van der Waals surface area contributed by atoms with Crippen LogP contribution in [0.1, 0.15) is 31.9 Å². The quantitative estimate of drug-likeness (QED) is 0.877. The molecule has 3 heteroatoms. The highest BCUT2D eigenvalue weighted by atomic mass is 15.1. The van der Waals surface area contributed by atoms with Crippen LogP contribution in [0.5, 0.6) is 0 Å². The van der Waals surface area contributed by atoms with Crippen molar-refractivity contribution < 1.29 is 0 Å². The predicted octanol–water partition coefficient (Wildman–Crippen LogP) is 3.21. The van der Waals surface area contributed by atoms with Crippen molar-refractivity contribution in [3.05, 3.63) is 42.1 Å². The van der Waals surface area contributed by atoms with Crippen molar-refractivity contribution in [1.82, 2.24) is 9.88 Å². The van der Waals surface area contributed by atoms with Gasteiger partial charge in [0.2, 0.25) is 0 Å². The number of benzene rings is 1. The summed E-state index contributed by atoms with van der Waals surface area (Å²) >= 11 is 0. The first-order valence-corrected chi connectivity index (χ1v) is 7.36. The molecule has 108 valence electrons. The van der Waals surface area contributed by atoms with Crippen molar-refractivity contribution in [2.24, 2.45) is 11.7 Å². The maximum atomic E-state index is 6.00. The summed E-state index contributed by atoms with van der Waals surface area (Å²) in [6.45, 7) is 6.23. The third-order valence-corrected chi connectivity index (χ3v) is 3.83. The lowest BCUT2D eigenvalue weighted by atomic mass is 10.0. The number of likely N-dealkylation sites (N-methyl/N-ethyl adjacent to an activating group) is 1. The first-order chi connectivity index (χ1) is 9.61. The molecule has 1 unspecified atom stereocenters. The zero-order chi connectivity index (χ0) is 14.5. The molecule has 0 fully saturated rings. The average molecular weight is 271 g/mol. The number of rotatable bonds is 6. The van der Waals surface area contributed by atoms with Gasteiger partial charge in [0.15, 0.2) is 0 Å². The van der Waals surface area contributed by atoms with E-state index in [1.165, 1.54) is 17.4 Å². The third-order valence-electron chi connectivity index (χ3n) is 3.83. The highest BCUT2D eigenvalue weighted by Crippen LogP contribution is 2.23. The van der Waals surface area contributed by atoms with Crippen molar-refractivity contribution in [3.8, 4) is 0 Å². The highest BCUT2D eigenvalue weighted by molar-refractivity contribution is 5.79. The van der Waals surface area contributed by atoms with Crippen LogP contribution in [0.3, 0.4) is 0 Å². The first-order valence-electron chi connectivity index (χ1n) is 7.36. The lowest BCUT2D eigenvalue weighted by Crippen LogP contribution is -2.31. The van der Waals surface area contributed by atoms with Gasteiger partial charge in [0.1, 0.15) is 0 Å². The molecule has 0 radical (unpaired) electrons. The van der Waals surface area contributed by atoms with Crippen LogP contribution in [-0.4, -0.2) is 30.0 Å². The monoisotopic (exact) mass is 271 g/mol.